The van der Waals surface area contributed by atoms with Gasteiger partial charge in [0.05, 0.1) is 18.5 Å². The highest BCUT2D eigenvalue weighted by molar-refractivity contribution is 7.86. The van der Waals surface area contributed by atoms with Gasteiger partial charge in [0.25, 0.3) is 10.1 Å². The molecule has 0 aliphatic carbocycles. The molecule has 78 valence electrons. The van der Waals surface area contributed by atoms with Crippen LogP contribution in [0.5, 0.6) is 5.75 Å². The number of nitrogens with two attached hydrogens (primary N) is 2. The van der Waals surface area contributed by atoms with E-state index >= 15 is 0 Å². The predicted molar refractivity (Wildman–Crippen MR) is 51.6 cm³/mol. The Morgan fingerprint density at radius 1 is 1.29 bits per heavy atom. The van der Waals surface area contributed by atoms with Gasteiger partial charge in [0.15, 0.2) is 0 Å². The molecule has 0 fully saturated rings. The van der Waals surface area contributed by atoms with E-state index in [2.05, 4.69) is 0 Å². The van der Waals surface area contributed by atoms with Crippen LogP contribution in [0, 0.1) is 0 Å². The molecule has 0 unspecified atom stereocenters. The Balaban J connectivity index is 3.48. The Hall–Kier alpha value is -1.47. The van der Waals surface area contributed by atoms with Crippen molar-refractivity contribution in [3.05, 3.63) is 12.1 Å². The molecule has 14 heavy (non-hydrogen) atoms. The van der Waals surface area contributed by atoms with Crippen molar-refractivity contribution in [3.63, 3.8) is 0 Å². The molecular weight excluding hydrogens is 208 g/mol. The van der Waals surface area contributed by atoms with Crippen molar-refractivity contribution in [3.8, 4) is 5.75 Å². The average Bonchev–Trinajstić information content (AvgIpc) is 1.99. The molecule has 0 heterocycles. The number of rotatable bonds is 2. The second-order valence-electron chi connectivity index (χ2n) is 2.61. The minimum Gasteiger partial charge on any atom is -0.497 e. The standard InChI is InChI=1S/C7H10N2O4S/c1-13-4-2-5(8)7(6(9)3-4)14(10,11)12/h2-3H,8-9H2,1H3,(H,10,11,12). The Bertz CT molecular complexity index is 432. The molecule has 0 atom stereocenters. The third kappa shape index (κ3) is 1.88. The van der Waals surface area contributed by atoms with Crippen LogP contribution in [-0.4, -0.2) is 20.1 Å². The fourth-order valence-corrected chi connectivity index (χ4v) is 1.78. The number of nitrogen functional groups attached to an aromatic ring is 2. The van der Waals surface area contributed by atoms with Crippen molar-refractivity contribution in [2.24, 2.45) is 0 Å². The van der Waals surface area contributed by atoms with E-state index in [-0.39, 0.29) is 11.4 Å². The SMILES string of the molecule is COc1cc(N)c(S(=O)(=O)O)c(N)c1. The van der Waals surface area contributed by atoms with Crippen LogP contribution in [0.3, 0.4) is 0 Å². The monoisotopic (exact) mass is 218 g/mol. The minimum absolute atomic E-state index is 0.149. The number of hydrogen-bond donors (Lipinski definition) is 3. The van der Waals surface area contributed by atoms with Crippen molar-refractivity contribution in [2.45, 2.75) is 4.90 Å². The fourth-order valence-electron chi connectivity index (χ4n) is 1.06. The highest BCUT2D eigenvalue weighted by atomic mass is 32.2. The summed E-state index contributed by atoms with van der Waals surface area (Å²) >= 11 is 0. The van der Waals surface area contributed by atoms with E-state index in [4.69, 9.17) is 20.8 Å². The van der Waals surface area contributed by atoms with Crippen LogP contribution < -0.4 is 16.2 Å². The molecule has 5 N–H and O–H groups in total. The van der Waals surface area contributed by atoms with E-state index < -0.39 is 15.0 Å². The number of anilines is 2. The predicted octanol–water partition coefficient (Wildman–Crippen LogP) is 0.106. The third-order valence-electron chi connectivity index (χ3n) is 1.61. The second-order valence-corrected chi connectivity index (χ2v) is 3.97. The Labute approximate surface area is 81.2 Å². The normalized spacial score (nSPS) is 11.3. The van der Waals surface area contributed by atoms with Gasteiger partial charge >= 0.3 is 0 Å². The Morgan fingerprint density at radius 3 is 2.00 bits per heavy atom. The minimum atomic E-state index is -4.39. The van der Waals surface area contributed by atoms with Gasteiger partial charge in [-0.15, -0.1) is 0 Å². The lowest BCUT2D eigenvalue weighted by Crippen LogP contribution is -2.07. The van der Waals surface area contributed by atoms with Gasteiger partial charge in [-0.05, 0) is 0 Å². The van der Waals surface area contributed by atoms with Gasteiger partial charge in [0, 0.05) is 12.1 Å². The Morgan fingerprint density at radius 2 is 1.71 bits per heavy atom. The molecule has 1 aromatic carbocycles. The van der Waals surface area contributed by atoms with Crippen molar-refractivity contribution in [1.82, 2.24) is 0 Å². The smallest absolute Gasteiger partial charge is 0.298 e. The maximum atomic E-state index is 10.8. The van der Waals surface area contributed by atoms with Crippen LogP contribution in [0.2, 0.25) is 0 Å². The quantitative estimate of drug-likeness (QED) is 0.479. The molecule has 0 aromatic heterocycles. The fraction of sp³-hybridized carbons (Fsp3) is 0.143. The molecule has 0 saturated carbocycles. The summed E-state index contributed by atoms with van der Waals surface area (Å²) in [6.45, 7) is 0. The first-order valence-electron chi connectivity index (χ1n) is 3.56. The van der Waals surface area contributed by atoms with Crippen LogP contribution in [0.25, 0.3) is 0 Å². The molecule has 0 aliphatic heterocycles. The van der Waals surface area contributed by atoms with E-state index in [1.807, 2.05) is 0 Å². The van der Waals surface area contributed by atoms with Gasteiger partial charge in [0.1, 0.15) is 10.6 Å². The maximum absolute atomic E-state index is 10.8. The van der Waals surface area contributed by atoms with Gasteiger partial charge in [-0.25, -0.2) is 0 Å². The van der Waals surface area contributed by atoms with Crippen LogP contribution >= 0.6 is 0 Å². The van der Waals surface area contributed by atoms with Gasteiger partial charge in [-0.2, -0.15) is 8.42 Å². The maximum Gasteiger partial charge on any atom is 0.298 e. The molecule has 1 aromatic rings. The highest BCUT2D eigenvalue weighted by Gasteiger charge is 2.18. The van der Waals surface area contributed by atoms with E-state index in [0.717, 1.165) is 0 Å². The molecule has 0 radical (unpaired) electrons. The number of methoxy groups -OCH3 is 1. The van der Waals surface area contributed by atoms with Gasteiger partial charge < -0.3 is 16.2 Å². The molecule has 0 saturated heterocycles. The van der Waals surface area contributed by atoms with E-state index in [1.54, 1.807) is 0 Å². The van der Waals surface area contributed by atoms with Crippen molar-refractivity contribution >= 4 is 21.5 Å². The van der Waals surface area contributed by atoms with E-state index in [0.29, 0.717) is 5.75 Å². The summed E-state index contributed by atoms with van der Waals surface area (Å²) in [6.07, 6.45) is 0. The van der Waals surface area contributed by atoms with Crippen molar-refractivity contribution < 1.29 is 17.7 Å². The van der Waals surface area contributed by atoms with Crippen molar-refractivity contribution in [1.29, 1.82) is 0 Å². The van der Waals surface area contributed by atoms with Gasteiger partial charge in [-0.1, -0.05) is 0 Å². The summed E-state index contributed by atoms with van der Waals surface area (Å²) in [5, 5.41) is 0. The lowest BCUT2D eigenvalue weighted by Gasteiger charge is -2.08. The molecule has 7 heteroatoms. The van der Waals surface area contributed by atoms with Crippen LogP contribution in [0.15, 0.2) is 17.0 Å². The number of hydrogen-bond acceptors (Lipinski definition) is 5. The molecule has 0 spiro atoms. The lowest BCUT2D eigenvalue weighted by molar-refractivity contribution is 0.415. The van der Waals surface area contributed by atoms with Gasteiger partial charge in [0.2, 0.25) is 0 Å². The van der Waals surface area contributed by atoms with E-state index in [9.17, 15) is 8.42 Å². The first-order valence-corrected chi connectivity index (χ1v) is 5.00. The topological polar surface area (TPSA) is 116 Å². The number of benzene rings is 1. The lowest BCUT2D eigenvalue weighted by atomic mass is 10.2. The van der Waals surface area contributed by atoms with Crippen LogP contribution in [-0.2, 0) is 10.1 Å². The molecule has 0 aliphatic rings. The molecule has 0 bridgehead atoms. The van der Waals surface area contributed by atoms with Crippen LogP contribution in [0.1, 0.15) is 0 Å². The second kappa shape index (κ2) is 3.35. The summed E-state index contributed by atoms with van der Waals surface area (Å²) in [4.78, 5) is -0.488. The largest absolute Gasteiger partial charge is 0.497 e. The summed E-state index contributed by atoms with van der Waals surface area (Å²) in [6, 6.07) is 2.53. The number of ether oxygens (including phenoxy) is 1. The third-order valence-corrected chi connectivity index (χ3v) is 2.60. The molecular formula is C7H10N2O4S. The van der Waals surface area contributed by atoms with Gasteiger partial charge in [-0.3, -0.25) is 4.55 Å². The molecule has 0 amide bonds. The summed E-state index contributed by atoms with van der Waals surface area (Å²) in [5.74, 6) is 0.326. The zero-order chi connectivity index (χ0) is 10.9. The zero-order valence-corrected chi connectivity index (χ0v) is 8.21. The Kier molecular flexibility index (Phi) is 2.54. The molecule has 6 nitrogen and oxygen atoms in total. The first-order chi connectivity index (χ1) is 6.36. The molecule has 1 rings (SSSR count). The summed E-state index contributed by atoms with van der Waals surface area (Å²) in [5.41, 5.74) is 10.5. The van der Waals surface area contributed by atoms with Crippen LogP contribution in [0.4, 0.5) is 11.4 Å². The summed E-state index contributed by atoms with van der Waals surface area (Å²) in [7, 11) is -3.00. The van der Waals surface area contributed by atoms with E-state index in [1.165, 1.54) is 19.2 Å². The highest BCUT2D eigenvalue weighted by Crippen LogP contribution is 2.30. The first kappa shape index (κ1) is 10.6. The average molecular weight is 218 g/mol. The van der Waals surface area contributed by atoms with Crippen molar-refractivity contribution in [2.75, 3.05) is 18.6 Å². The zero-order valence-electron chi connectivity index (χ0n) is 7.39. The summed E-state index contributed by atoms with van der Waals surface area (Å²) < 4.78 is 35.3.